The molecule has 2 rings (SSSR count). The maximum absolute atomic E-state index is 11.6. The first kappa shape index (κ1) is 14.4. The Morgan fingerprint density at radius 1 is 1.35 bits per heavy atom. The molecule has 0 radical (unpaired) electrons. The molecule has 0 saturated heterocycles. The number of carboxylic acids is 1. The summed E-state index contributed by atoms with van der Waals surface area (Å²) in [6.45, 7) is 2.51. The number of rotatable bonds is 5. The molecular formula is C11H12N4O3S2. The number of hydrogen-bond donors (Lipinski definition) is 3. The van der Waals surface area contributed by atoms with Gasteiger partial charge in [0.05, 0.1) is 18.1 Å². The van der Waals surface area contributed by atoms with Gasteiger partial charge < -0.3 is 15.7 Å². The molecule has 0 spiro atoms. The summed E-state index contributed by atoms with van der Waals surface area (Å²) in [7, 11) is 0. The zero-order valence-electron chi connectivity index (χ0n) is 10.5. The van der Waals surface area contributed by atoms with E-state index in [2.05, 4.69) is 20.6 Å². The van der Waals surface area contributed by atoms with Gasteiger partial charge in [-0.25, -0.2) is 19.6 Å². The van der Waals surface area contributed by atoms with Crippen LogP contribution >= 0.6 is 22.7 Å². The van der Waals surface area contributed by atoms with Gasteiger partial charge in [0, 0.05) is 16.5 Å². The van der Waals surface area contributed by atoms with Gasteiger partial charge in [-0.2, -0.15) is 0 Å². The van der Waals surface area contributed by atoms with Crippen LogP contribution < -0.4 is 10.6 Å². The van der Waals surface area contributed by atoms with Crippen LogP contribution in [0.4, 0.5) is 4.79 Å². The number of nitrogens with one attached hydrogen (secondary N) is 2. The van der Waals surface area contributed by atoms with Crippen molar-refractivity contribution in [1.29, 1.82) is 0 Å². The van der Waals surface area contributed by atoms with Crippen LogP contribution in [-0.4, -0.2) is 27.1 Å². The Bertz CT molecular complexity index is 623. The normalized spacial score (nSPS) is 10.2. The number of aromatic carboxylic acids is 1. The number of thiazole rings is 2. The number of aryl methyl sites for hydroxylation is 1. The number of amides is 2. The molecule has 20 heavy (non-hydrogen) atoms. The van der Waals surface area contributed by atoms with Crippen LogP contribution in [0.1, 0.15) is 25.4 Å². The van der Waals surface area contributed by atoms with Crippen LogP contribution in [0.2, 0.25) is 0 Å². The zero-order valence-corrected chi connectivity index (χ0v) is 12.2. The Morgan fingerprint density at radius 3 is 2.70 bits per heavy atom. The van der Waals surface area contributed by atoms with Crippen molar-refractivity contribution < 1.29 is 14.7 Å². The van der Waals surface area contributed by atoms with Gasteiger partial charge in [-0.3, -0.25) is 0 Å². The number of carboxylic acid groups (broad SMARTS) is 1. The molecule has 9 heteroatoms. The lowest BCUT2D eigenvalue weighted by Gasteiger charge is -2.04. The minimum Gasteiger partial charge on any atom is -0.476 e. The summed E-state index contributed by atoms with van der Waals surface area (Å²) in [6, 6.07) is -0.330. The van der Waals surface area contributed by atoms with Crippen molar-refractivity contribution in [3.8, 4) is 0 Å². The molecule has 0 saturated carbocycles. The molecule has 0 aromatic carbocycles. The molecule has 0 aliphatic carbocycles. The van der Waals surface area contributed by atoms with Crippen LogP contribution in [0.5, 0.6) is 0 Å². The van der Waals surface area contributed by atoms with E-state index < -0.39 is 5.97 Å². The number of carbonyl (C=O) groups excluding carboxylic acids is 1. The van der Waals surface area contributed by atoms with Crippen LogP contribution in [0.3, 0.4) is 0 Å². The van der Waals surface area contributed by atoms with Crippen molar-refractivity contribution >= 4 is 34.7 Å². The third-order valence-corrected chi connectivity index (χ3v) is 4.02. The minimum atomic E-state index is -1.07. The monoisotopic (exact) mass is 312 g/mol. The fraction of sp³-hybridized carbons (Fsp3) is 0.273. The highest BCUT2D eigenvalue weighted by Crippen LogP contribution is 2.11. The average molecular weight is 312 g/mol. The van der Waals surface area contributed by atoms with Crippen LogP contribution in [-0.2, 0) is 13.1 Å². The second-order valence-electron chi connectivity index (χ2n) is 3.81. The van der Waals surface area contributed by atoms with Crippen LogP contribution in [0.25, 0.3) is 0 Å². The number of hydrogen-bond acceptors (Lipinski definition) is 6. The molecule has 7 nitrogen and oxygen atoms in total. The fourth-order valence-electron chi connectivity index (χ4n) is 1.36. The lowest BCUT2D eigenvalue weighted by Crippen LogP contribution is -2.34. The van der Waals surface area contributed by atoms with Crippen molar-refractivity contribution in [3.63, 3.8) is 0 Å². The highest BCUT2D eigenvalue weighted by atomic mass is 32.1. The summed E-state index contributed by atoms with van der Waals surface area (Å²) in [5.41, 5.74) is -0.00709. The first-order valence-electron chi connectivity index (χ1n) is 5.65. The van der Waals surface area contributed by atoms with Gasteiger partial charge in [0.1, 0.15) is 5.01 Å². The lowest BCUT2D eigenvalue weighted by atomic mass is 10.5. The van der Waals surface area contributed by atoms with E-state index in [0.29, 0.717) is 11.6 Å². The zero-order chi connectivity index (χ0) is 14.5. The Hall–Kier alpha value is -2.00. The highest BCUT2D eigenvalue weighted by molar-refractivity contribution is 7.11. The second-order valence-corrected chi connectivity index (χ2v) is 6.08. The Kier molecular flexibility index (Phi) is 4.64. The van der Waals surface area contributed by atoms with E-state index in [9.17, 15) is 9.59 Å². The van der Waals surface area contributed by atoms with Crippen molar-refractivity contribution in [3.05, 3.63) is 32.2 Å². The third kappa shape index (κ3) is 4.00. The molecule has 0 aliphatic heterocycles. The van der Waals surface area contributed by atoms with E-state index in [1.54, 1.807) is 6.20 Å². The van der Waals surface area contributed by atoms with Gasteiger partial charge in [0.25, 0.3) is 0 Å². The van der Waals surface area contributed by atoms with Crippen molar-refractivity contribution in [2.45, 2.75) is 20.0 Å². The summed E-state index contributed by atoms with van der Waals surface area (Å²) >= 11 is 2.72. The quantitative estimate of drug-likeness (QED) is 0.778. The molecule has 0 atom stereocenters. The summed E-state index contributed by atoms with van der Waals surface area (Å²) < 4.78 is 0. The Balaban J connectivity index is 1.75. The maximum Gasteiger partial charge on any atom is 0.355 e. The highest BCUT2D eigenvalue weighted by Gasteiger charge is 2.09. The minimum absolute atomic E-state index is 0.00709. The molecular weight excluding hydrogens is 300 g/mol. The van der Waals surface area contributed by atoms with Crippen molar-refractivity contribution in [1.82, 2.24) is 20.6 Å². The van der Waals surface area contributed by atoms with E-state index in [4.69, 9.17) is 5.11 Å². The molecule has 0 fully saturated rings. The van der Waals surface area contributed by atoms with Gasteiger partial charge in [-0.15, -0.1) is 22.7 Å². The van der Waals surface area contributed by atoms with E-state index in [-0.39, 0.29) is 18.3 Å². The van der Waals surface area contributed by atoms with E-state index in [1.807, 2.05) is 6.92 Å². The summed E-state index contributed by atoms with van der Waals surface area (Å²) in [5, 5.41) is 17.0. The Labute approximate surface area is 122 Å². The molecule has 0 bridgehead atoms. The van der Waals surface area contributed by atoms with E-state index in [0.717, 1.165) is 9.88 Å². The van der Waals surface area contributed by atoms with Gasteiger partial charge >= 0.3 is 12.0 Å². The number of urea groups is 1. The molecule has 2 amide bonds. The third-order valence-electron chi connectivity index (χ3n) is 2.26. The van der Waals surface area contributed by atoms with Gasteiger partial charge in [0.2, 0.25) is 0 Å². The lowest BCUT2D eigenvalue weighted by molar-refractivity contribution is 0.0691. The molecule has 2 aromatic rings. The maximum atomic E-state index is 11.6. The van der Waals surface area contributed by atoms with Gasteiger partial charge in [-0.05, 0) is 6.92 Å². The Morgan fingerprint density at radius 2 is 2.10 bits per heavy atom. The fourth-order valence-corrected chi connectivity index (χ4v) is 2.81. The topological polar surface area (TPSA) is 104 Å². The largest absolute Gasteiger partial charge is 0.476 e. The first-order valence-corrected chi connectivity index (χ1v) is 7.35. The van der Waals surface area contributed by atoms with Crippen molar-refractivity contribution in [2.75, 3.05) is 0 Å². The number of carbonyl (C=O) groups is 2. The standard InChI is InChI=1S/C11H12N4O3S2/c1-6-12-2-7(20-6)3-13-11(18)14-4-9-15-8(5-19-9)10(16)17/h2,5H,3-4H2,1H3,(H,16,17)(H2,13,14,18). The number of nitrogens with zero attached hydrogens (tertiary/aromatic N) is 2. The molecule has 106 valence electrons. The molecule has 0 unspecified atom stereocenters. The summed E-state index contributed by atoms with van der Waals surface area (Å²) in [6.07, 6.45) is 1.72. The van der Waals surface area contributed by atoms with E-state index in [1.165, 1.54) is 28.1 Å². The predicted molar refractivity (Wildman–Crippen MR) is 75.0 cm³/mol. The first-order chi connectivity index (χ1) is 9.54. The average Bonchev–Trinajstić information content (AvgIpc) is 3.03. The molecule has 3 N–H and O–H groups in total. The number of aromatic nitrogens is 2. The van der Waals surface area contributed by atoms with E-state index >= 15 is 0 Å². The SMILES string of the molecule is Cc1ncc(CNC(=O)NCc2nc(C(=O)O)cs2)s1. The van der Waals surface area contributed by atoms with Gasteiger partial charge in [-0.1, -0.05) is 0 Å². The summed E-state index contributed by atoms with van der Waals surface area (Å²) in [4.78, 5) is 31.1. The van der Waals surface area contributed by atoms with Crippen LogP contribution in [0, 0.1) is 6.92 Å². The molecule has 2 heterocycles. The molecule has 0 aliphatic rings. The smallest absolute Gasteiger partial charge is 0.355 e. The summed E-state index contributed by atoms with van der Waals surface area (Å²) in [5.74, 6) is -1.07. The van der Waals surface area contributed by atoms with Crippen LogP contribution in [0.15, 0.2) is 11.6 Å². The molecule has 2 aromatic heterocycles. The van der Waals surface area contributed by atoms with Crippen molar-refractivity contribution in [2.24, 2.45) is 0 Å². The van der Waals surface area contributed by atoms with Gasteiger partial charge in [0.15, 0.2) is 5.69 Å². The second kappa shape index (κ2) is 6.44. The predicted octanol–water partition coefficient (Wildman–Crippen LogP) is 1.61.